The number of allylic oxidation sites excluding steroid dienone is 2. The Balaban J connectivity index is 1.82. The van der Waals surface area contributed by atoms with Gasteiger partial charge in [0.1, 0.15) is 11.9 Å². The van der Waals surface area contributed by atoms with Gasteiger partial charge in [0.2, 0.25) is 0 Å². The molecule has 108 valence electrons. The first kappa shape index (κ1) is 13.7. The molecule has 1 aliphatic carbocycles. The van der Waals surface area contributed by atoms with Gasteiger partial charge < -0.3 is 10.1 Å². The second kappa shape index (κ2) is 5.61. The molecule has 0 radical (unpaired) electrons. The van der Waals surface area contributed by atoms with Crippen molar-refractivity contribution in [3.05, 3.63) is 41.5 Å². The lowest BCUT2D eigenvalue weighted by Gasteiger charge is -2.38. The van der Waals surface area contributed by atoms with Crippen LogP contribution in [0.15, 0.2) is 35.9 Å². The lowest BCUT2D eigenvalue weighted by molar-refractivity contribution is 0.0811. The Hall–Kier alpha value is -1.28. The van der Waals surface area contributed by atoms with Crippen LogP contribution in [0.4, 0.5) is 0 Å². The molecule has 20 heavy (non-hydrogen) atoms. The van der Waals surface area contributed by atoms with Crippen LogP contribution in [-0.4, -0.2) is 13.2 Å². The van der Waals surface area contributed by atoms with E-state index in [0.717, 1.165) is 12.2 Å². The van der Waals surface area contributed by atoms with E-state index in [1.54, 1.807) is 0 Å². The molecule has 0 bridgehead atoms. The summed E-state index contributed by atoms with van der Waals surface area (Å²) in [5.41, 5.74) is 2.83. The molecule has 2 nitrogen and oxygen atoms in total. The fourth-order valence-corrected chi connectivity index (χ4v) is 3.89. The average Bonchev–Trinajstić information content (AvgIpc) is 2.45. The van der Waals surface area contributed by atoms with Crippen molar-refractivity contribution in [1.82, 2.24) is 5.32 Å². The number of ether oxygens (including phenoxy) is 1. The predicted octanol–water partition coefficient (Wildman–Crippen LogP) is 4.09. The molecular formula is C18H25NO. The van der Waals surface area contributed by atoms with Crippen molar-refractivity contribution >= 4 is 0 Å². The number of rotatable bonds is 2. The van der Waals surface area contributed by atoms with Crippen LogP contribution in [0.3, 0.4) is 0 Å². The number of fused-ring (bicyclic) bond motifs is 1. The normalized spacial score (nSPS) is 33.0. The van der Waals surface area contributed by atoms with Crippen LogP contribution in [0.2, 0.25) is 0 Å². The third-order valence-electron chi connectivity index (χ3n) is 4.74. The van der Waals surface area contributed by atoms with Gasteiger partial charge in [-0.1, -0.05) is 36.8 Å². The second-order valence-corrected chi connectivity index (χ2v) is 6.46. The summed E-state index contributed by atoms with van der Waals surface area (Å²) in [6.07, 6.45) is 6.28. The quantitative estimate of drug-likeness (QED) is 0.818. The smallest absolute Gasteiger partial charge is 0.124 e. The fraction of sp³-hybridized carbons (Fsp3) is 0.556. The molecule has 4 atom stereocenters. The first-order valence-corrected chi connectivity index (χ1v) is 7.77. The van der Waals surface area contributed by atoms with E-state index in [1.165, 1.54) is 24.0 Å². The van der Waals surface area contributed by atoms with E-state index in [1.807, 2.05) is 0 Å². The molecule has 0 saturated heterocycles. The first-order valence-electron chi connectivity index (χ1n) is 7.77. The zero-order valence-corrected chi connectivity index (χ0v) is 12.7. The topological polar surface area (TPSA) is 21.3 Å². The van der Waals surface area contributed by atoms with Crippen molar-refractivity contribution in [2.24, 2.45) is 11.8 Å². The molecule has 0 amide bonds. The Morgan fingerprint density at radius 2 is 2.00 bits per heavy atom. The Bertz CT molecular complexity index is 508. The largest absolute Gasteiger partial charge is 0.490 e. The molecule has 3 rings (SSSR count). The summed E-state index contributed by atoms with van der Waals surface area (Å²) in [6, 6.07) is 8.89. The van der Waals surface area contributed by atoms with E-state index < -0.39 is 0 Å². The molecule has 1 aromatic rings. The molecule has 1 aliphatic heterocycles. The van der Waals surface area contributed by atoms with E-state index in [2.05, 4.69) is 56.6 Å². The number of hydrogen-bond donors (Lipinski definition) is 1. The van der Waals surface area contributed by atoms with Gasteiger partial charge in [-0.15, -0.1) is 0 Å². The number of para-hydroxylation sites is 1. The van der Waals surface area contributed by atoms with Crippen molar-refractivity contribution in [2.45, 2.75) is 45.3 Å². The maximum Gasteiger partial charge on any atom is 0.124 e. The van der Waals surface area contributed by atoms with E-state index in [0.29, 0.717) is 24.0 Å². The third kappa shape index (κ3) is 2.62. The first-order chi connectivity index (χ1) is 9.67. The summed E-state index contributed by atoms with van der Waals surface area (Å²) in [5.74, 6) is 2.41. The van der Waals surface area contributed by atoms with E-state index in [-0.39, 0.29) is 0 Å². The number of benzene rings is 1. The van der Waals surface area contributed by atoms with Gasteiger partial charge in [-0.2, -0.15) is 0 Å². The summed E-state index contributed by atoms with van der Waals surface area (Å²) in [6.45, 7) is 4.58. The minimum absolute atomic E-state index is 0.341. The summed E-state index contributed by atoms with van der Waals surface area (Å²) in [4.78, 5) is 0. The molecule has 4 unspecified atom stereocenters. The van der Waals surface area contributed by atoms with Gasteiger partial charge in [0.15, 0.2) is 0 Å². The average molecular weight is 271 g/mol. The molecule has 2 heteroatoms. The van der Waals surface area contributed by atoms with Gasteiger partial charge in [0.25, 0.3) is 0 Å². The second-order valence-electron chi connectivity index (χ2n) is 6.46. The molecule has 1 heterocycles. The minimum atomic E-state index is 0.341. The zero-order valence-electron chi connectivity index (χ0n) is 12.7. The standard InChI is InChI=1S/C18H25NO/c1-12-8-13(2)10-14(9-12)18-11-16(19-3)15-6-4-5-7-17(15)20-18/h4-8,12,14,16,18-19H,9-11H2,1-3H3. The summed E-state index contributed by atoms with van der Waals surface area (Å²) < 4.78 is 6.33. The van der Waals surface area contributed by atoms with E-state index in [4.69, 9.17) is 4.74 Å². The maximum atomic E-state index is 6.33. The van der Waals surface area contributed by atoms with Crippen molar-refractivity contribution in [3.8, 4) is 5.75 Å². The highest BCUT2D eigenvalue weighted by molar-refractivity contribution is 5.38. The van der Waals surface area contributed by atoms with E-state index >= 15 is 0 Å². The Morgan fingerprint density at radius 1 is 1.20 bits per heavy atom. The van der Waals surface area contributed by atoms with Crippen molar-refractivity contribution < 1.29 is 4.74 Å². The molecule has 0 spiro atoms. The maximum absolute atomic E-state index is 6.33. The summed E-state index contributed by atoms with van der Waals surface area (Å²) in [5, 5.41) is 3.46. The molecule has 2 aliphatic rings. The SMILES string of the molecule is CNC1CC(C2CC(C)=CC(C)C2)Oc2ccccc21. The molecule has 1 N–H and O–H groups in total. The monoisotopic (exact) mass is 271 g/mol. The Morgan fingerprint density at radius 3 is 2.75 bits per heavy atom. The summed E-state index contributed by atoms with van der Waals surface area (Å²) >= 11 is 0. The third-order valence-corrected chi connectivity index (χ3v) is 4.74. The van der Waals surface area contributed by atoms with Crippen LogP contribution in [0.5, 0.6) is 5.75 Å². The summed E-state index contributed by atoms with van der Waals surface area (Å²) in [7, 11) is 2.05. The number of hydrogen-bond acceptors (Lipinski definition) is 2. The van der Waals surface area contributed by atoms with Crippen LogP contribution in [0, 0.1) is 11.8 Å². The van der Waals surface area contributed by atoms with Gasteiger partial charge >= 0.3 is 0 Å². The van der Waals surface area contributed by atoms with Crippen LogP contribution >= 0.6 is 0 Å². The van der Waals surface area contributed by atoms with E-state index in [9.17, 15) is 0 Å². The molecular weight excluding hydrogens is 246 g/mol. The minimum Gasteiger partial charge on any atom is -0.490 e. The van der Waals surface area contributed by atoms with Gasteiger partial charge in [0, 0.05) is 23.9 Å². The van der Waals surface area contributed by atoms with Crippen LogP contribution in [-0.2, 0) is 0 Å². The molecule has 0 fully saturated rings. The lowest BCUT2D eigenvalue weighted by atomic mass is 9.77. The van der Waals surface area contributed by atoms with Crippen molar-refractivity contribution in [1.29, 1.82) is 0 Å². The van der Waals surface area contributed by atoms with Gasteiger partial charge in [-0.3, -0.25) is 0 Å². The zero-order chi connectivity index (χ0) is 14.1. The highest BCUT2D eigenvalue weighted by Gasteiger charge is 2.34. The van der Waals surface area contributed by atoms with Crippen molar-refractivity contribution in [3.63, 3.8) is 0 Å². The highest BCUT2D eigenvalue weighted by Crippen LogP contribution is 2.40. The predicted molar refractivity (Wildman–Crippen MR) is 82.9 cm³/mol. The lowest BCUT2D eigenvalue weighted by Crippen LogP contribution is -2.37. The van der Waals surface area contributed by atoms with Crippen LogP contribution in [0.25, 0.3) is 0 Å². The molecule has 1 aromatic carbocycles. The van der Waals surface area contributed by atoms with Gasteiger partial charge in [-0.25, -0.2) is 0 Å². The highest BCUT2D eigenvalue weighted by atomic mass is 16.5. The van der Waals surface area contributed by atoms with Crippen molar-refractivity contribution in [2.75, 3.05) is 7.05 Å². The fourth-order valence-electron chi connectivity index (χ4n) is 3.89. The number of nitrogens with one attached hydrogen (secondary N) is 1. The Labute approximate surface area is 122 Å². The van der Waals surface area contributed by atoms with Gasteiger partial charge in [0.05, 0.1) is 0 Å². The van der Waals surface area contributed by atoms with Crippen LogP contribution in [0.1, 0.15) is 44.7 Å². The Kier molecular flexibility index (Phi) is 3.84. The molecule has 0 aromatic heterocycles. The molecule has 0 saturated carbocycles. The van der Waals surface area contributed by atoms with Gasteiger partial charge in [-0.05, 0) is 38.8 Å². The van der Waals surface area contributed by atoms with Crippen LogP contribution < -0.4 is 10.1 Å².